The number of hydrogen-bond acceptors (Lipinski definition) is 3. The van der Waals surface area contributed by atoms with Crippen LogP contribution in [0.3, 0.4) is 0 Å². The SMILES string of the molecule is C=CCN(CCO)c1ccc(C(F)(F)F)c(C(=O)O)c1. The van der Waals surface area contributed by atoms with Crippen LogP contribution in [0.25, 0.3) is 0 Å². The molecule has 0 amide bonds. The van der Waals surface area contributed by atoms with E-state index in [0.717, 1.165) is 12.1 Å². The van der Waals surface area contributed by atoms with Gasteiger partial charge in [-0.3, -0.25) is 0 Å². The Hall–Kier alpha value is -2.02. The number of hydrogen-bond donors (Lipinski definition) is 2. The number of carbonyl (C=O) groups is 1. The third-order valence-corrected chi connectivity index (χ3v) is 2.62. The summed E-state index contributed by atoms with van der Waals surface area (Å²) < 4.78 is 38.1. The zero-order valence-electron chi connectivity index (χ0n) is 10.5. The summed E-state index contributed by atoms with van der Waals surface area (Å²) in [5, 5.41) is 17.8. The van der Waals surface area contributed by atoms with E-state index in [9.17, 15) is 18.0 Å². The van der Waals surface area contributed by atoms with E-state index in [2.05, 4.69) is 6.58 Å². The largest absolute Gasteiger partial charge is 0.478 e. The predicted molar refractivity (Wildman–Crippen MR) is 67.9 cm³/mol. The highest BCUT2D eigenvalue weighted by molar-refractivity contribution is 5.91. The molecule has 0 unspecified atom stereocenters. The number of alkyl halides is 3. The van der Waals surface area contributed by atoms with E-state index in [1.54, 1.807) is 0 Å². The first kappa shape index (κ1) is 16.0. The van der Waals surface area contributed by atoms with Gasteiger partial charge in [0.05, 0.1) is 17.7 Å². The number of carboxylic acid groups (broad SMARTS) is 1. The fourth-order valence-corrected chi connectivity index (χ4v) is 1.76. The van der Waals surface area contributed by atoms with Gasteiger partial charge in [-0.2, -0.15) is 13.2 Å². The molecule has 7 heteroatoms. The lowest BCUT2D eigenvalue weighted by molar-refractivity contribution is -0.138. The summed E-state index contributed by atoms with van der Waals surface area (Å²) in [6, 6.07) is 2.85. The van der Waals surface area contributed by atoms with Crippen LogP contribution in [0, 0.1) is 0 Å². The molecule has 0 fully saturated rings. The van der Waals surface area contributed by atoms with Gasteiger partial charge < -0.3 is 15.1 Å². The van der Waals surface area contributed by atoms with Crippen molar-refractivity contribution in [1.29, 1.82) is 0 Å². The molecule has 0 aromatic heterocycles. The van der Waals surface area contributed by atoms with Crippen LogP contribution in [0.15, 0.2) is 30.9 Å². The van der Waals surface area contributed by atoms with Crippen molar-refractivity contribution in [2.45, 2.75) is 6.18 Å². The van der Waals surface area contributed by atoms with Crippen molar-refractivity contribution in [3.05, 3.63) is 42.0 Å². The highest BCUT2D eigenvalue weighted by atomic mass is 19.4. The minimum absolute atomic E-state index is 0.163. The van der Waals surface area contributed by atoms with Crippen LogP contribution in [-0.2, 0) is 6.18 Å². The van der Waals surface area contributed by atoms with E-state index < -0.39 is 23.3 Å². The van der Waals surface area contributed by atoms with Crippen LogP contribution in [0.4, 0.5) is 18.9 Å². The third-order valence-electron chi connectivity index (χ3n) is 2.62. The summed E-state index contributed by atoms with van der Waals surface area (Å²) in [5.74, 6) is -1.65. The first-order valence-electron chi connectivity index (χ1n) is 5.72. The van der Waals surface area contributed by atoms with Gasteiger partial charge in [0.25, 0.3) is 0 Å². The van der Waals surface area contributed by atoms with Crippen LogP contribution in [0.1, 0.15) is 15.9 Å². The Labute approximate surface area is 113 Å². The second-order valence-electron chi connectivity index (χ2n) is 3.99. The van der Waals surface area contributed by atoms with Gasteiger partial charge >= 0.3 is 12.1 Å². The summed E-state index contributed by atoms with van der Waals surface area (Å²) in [5.41, 5.74) is -1.73. The van der Waals surface area contributed by atoms with Crippen LogP contribution in [-0.4, -0.2) is 35.9 Å². The summed E-state index contributed by atoms with van der Waals surface area (Å²) in [6.45, 7) is 3.74. The molecule has 1 aromatic rings. The Kier molecular flexibility index (Phi) is 5.15. The molecule has 0 bridgehead atoms. The van der Waals surface area contributed by atoms with E-state index in [4.69, 9.17) is 10.2 Å². The second kappa shape index (κ2) is 6.42. The molecule has 0 atom stereocenters. The van der Waals surface area contributed by atoms with Gasteiger partial charge in [-0.25, -0.2) is 4.79 Å². The number of aromatic carboxylic acids is 1. The first-order valence-corrected chi connectivity index (χ1v) is 5.72. The standard InChI is InChI=1S/C13H14F3NO3/c1-2-5-17(6-7-18)9-3-4-11(13(14,15)16)10(8-9)12(19)20/h2-4,8,18H,1,5-7H2,(H,19,20). The lowest BCUT2D eigenvalue weighted by Crippen LogP contribution is -2.27. The van der Waals surface area contributed by atoms with Gasteiger partial charge in [0, 0.05) is 18.8 Å². The molecule has 1 aromatic carbocycles. The average molecular weight is 289 g/mol. The topological polar surface area (TPSA) is 60.8 Å². The van der Waals surface area contributed by atoms with Crippen molar-refractivity contribution in [1.82, 2.24) is 0 Å². The minimum atomic E-state index is -4.73. The molecule has 0 radical (unpaired) electrons. The van der Waals surface area contributed by atoms with Gasteiger partial charge in [0.1, 0.15) is 0 Å². The summed E-state index contributed by atoms with van der Waals surface area (Å²) >= 11 is 0. The molecule has 4 nitrogen and oxygen atoms in total. The van der Waals surface area contributed by atoms with Crippen LogP contribution < -0.4 is 4.90 Å². The maximum Gasteiger partial charge on any atom is 0.417 e. The second-order valence-corrected chi connectivity index (χ2v) is 3.99. The summed E-state index contributed by atoms with van der Waals surface area (Å²) in [7, 11) is 0. The molecule has 0 saturated carbocycles. The Bertz CT molecular complexity index is 500. The third kappa shape index (κ3) is 3.74. The molecule has 0 aliphatic rings. The first-order chi connectivity index (χ1) is 9.31. The average Bonchev–Trinajstić information content (AvgIpc) is 2.36. The maximum atomic E-state index is 12.7. The Morgan fingerprint density at radius 2 is 2.05 bits per heavy atom. The van der Waals surface area contributed by atoms with E-state index in [0.29, 0.717) is 0 Å². The van der Waals surface area contributed by atoms with Gasteiger partial charge in [-0.05, 0) is 18.2 Å². The number of rotatable bonds is 6. The maximum absolute atomic E-state index is 12.7. The van der Waals surface area contributed by atoms with Crippen molar-refractivity contribution < 1.29 is 28.2 Å². The van der Waals surface area contributed by atoms with Crippen molar-refractivity contribution in [2.75, 3.05) is 24.6 Å². The van der Waals surface area contributed by atoms with Gasteiger partial charge in [-0.1, -0.05) is 6.08 Å². The molecular weight excluding hydrogens is 275 g/mol. The number of aliphatic hydroxyl groups is 1. The van der Waals surface area contributed by atoms with Crippen molar-refractivity contribution in [3.63, 3.8) is 0 Å². The minimum Gasteiger partial charge on any atom is -0.478 e. The van der Waals surface area contributed by atoms with Gasteiger partial charge in [0.2, 0.25) is 0 Å². The Balaban J connectivity index is 3.28. The van der Waals surface area contributed by atoms with Crippen LogP contribution in [0.5, 0.6) is 0 Å². The van der Waals surface area contributed by atoms with Crippen molar-refractivity contribution in [3.8, 4) is 0 Å². The lowest BCUT2D eigenvalue weighted by Gasteiger charge is -2.23. The highest BCUT2D eigenvalue weighted by Gasteiger charge is 2.35. The normalized spacial score (nSPS) is 11.2. The van der Waals surface area contributed by atoms with E-state index in [1.165, 1.54) is 17.0 Å². The number of aliphatic hydroxyl groups excluding tert-OH is 1. The monoisotopic (exact) mass is 289 g/mol. The number of anilines is 1. The fraction of sp³-hybridized carbons (Fsp3) is 0.308. The van der Waals surface area contributed by atoms with Crippen LogP contribution >= 0.6 is 0 Å². The van der Waals surface area contributed by atoms with Crippen LogP contribution in [0.2, 0.25) is 0 Å². The molecule has 0 spiro atoms. The molecule has 0 heterocycles. The quantitative estimate of drug-likeness (QED) is 0.789. The molecule has 0 aliphatic carbocycles. The molecule has 0 saturated heterocycles. The molecule has 20 heavy (non-hydrogen) atoms. The molecule has 0 aliphatic heterocycles. The number of benzene rings is 1. The zero-order valence-corrected chi connectivity index (χ0v) is 10.5. The van der Waals surface area contributed by atoms with E-state index in [1.807, 2.05) is 0 Å². The molecule has 2 N–H and O–H groups in total. The van der Waals surface area contributed by atoms with E-state index >= 15 is 0 Å². The Morgan fingerprint density at radius 1 is 1.40 bits per heavy atom. The van der Waals surface area contributed by atoms with Gasteiger partial charge in [0.15, 0.2) is 0 Å². The fourth-order valence-electron chi connectivity index (χ4n) is 1.76. The van der Waals surface area contributed by atoms with E-state index in [-0.39, 0.29) is 25.4 Å². The van der Waals surface area contributed by atoms with Gasteiger partial charge in [-0.15, -0.1) is 6.58 Å². The molecular formula is C13H14F3NO3. The predicted octanol–water partition coefficient (Wildman–Crippen LogP) is 2.39. The highest BCUT2D eigenvalue weighted by Crippen LogP contribution is 2.34. The number of carboxylic acids is 1. The number of halogens is 3. The Morgan fingerprint density at radius 3 is 2.50 bits per heavy atom. The smallest absolute Gasteiger partial charge is 0.417 e. The lowest BCUT2D eigenvalue weighted by atomic mass is 10.1. The van der Waals surface area contributed by atoms with Crippen molar-refractivity contribution in [2.24, 2.45) is 0 Å². The number of nitrogens with zero attached hydrogens (tertiary/aromatic N) is 1. The molecule has 1 rings (SSSR count). The zero-order chi connectivity index (χ0) is 15.3. The summed E-state index contributed by atoms with van der Waals surface area (Å²) in [4.78, 5) is 12.5. The summed E-state index contributed by atoms with van der Waals surface area (Å²) in [6.07, 6.45) is -3.22. The molecule has 110 valence electrons. The van der Waals surface area contributed by atoms with Crippen molar-refractivity contribution >= 4 is 11.7 Å².